The Bertz CT molecular complexity index is 413. The molecule has 0 aliphatic carbocycles. The van der Waals surface area contributed by atoms with Gasteiger partial charge >= 0.3 is 0 Å². The highest BCUT2D eigenvalue weighted by Gasteiger charge is 2.04. The molecule has 72 valence electrons. The molecule has 0 radical (unpaired) electrons. The van der Waals surface area contributed by atoms with Gasteiger partial charge in [0.1, 0.15) is 6.61 Å². The molecular weight excluding hydrogens is 200 g/mol. The van der Waals surface area contributed by atoms with Crippen molar-refractivity contribution in [1.29, 1.82) is 0 Å². The molecule has 0 unspecified atom stereocenters. The number of rotatable bonds is 1. The first-order valence-corrected chi connectivity index (χ1v) is 4.43. The maximum Gasteiger partial charge on any atom is 0.161 e. The number of aliphatic hydroxyl groups excluding tert-OH is 1. The van der Waals surface area contributed by atoms with E-state index in [2.05, 4.69) is 11.8 Å². The van der Waals surface area contributed by atoms with E-state index in [-0.39, 0.29) is 12.4 Å². The van der Waals surface area contributed by atoms with E-state index in [1.54, 1.807) is 18.2 Å². The summed E-state index contributed by atoms with van der Waals surface area (Å²) in [6, 6.07) is 4.94. The molecule has 0 amide bonds. The first-order chi connectivity index (χ1) is 6.65. The summed E-state index contributed by atoms with van der Waals surface area (Å²) in [5.41, 5.74) is 1.18. The molecule has 0 aromatic heterocycles. The van der Waals surface area contributed by atoms with Gasteiger partial charge in [-0.25, -0.2) is 0 Å². The van der Waals surface area contributed by atoms with E-state index in [1.165, 1.54) is 6.92 Å². The van der Waals surface area contributed by atoms with Gasteiger partial charge in [-0.05, 0) is 25.1 Å². The molecule has 0 aliphatic rings. The zero-order valence-corrected chi connectivity index (χ0v) is 8.43. The number of hydrogen-bond donors (Lipinski definition) is 1. The molecule has 1 N–H and O–H groups in total. The van der Waals surface area contributed by atoms with Crippen molar-refractivity contribution in [2.24, 2.45) is 0 Å². The molecule has 0 heterocycles. The lowest BCUT2D eigenvalue weighted by atomic mass is 10.1. The Morgan fingerprint density at radius 1 is 1.57 bits per heavy atom. The molecule has 1 rings (SSSR count). The quantitative estimate of drug-likeness (QED) is 0.565. The summed E-state index contributed by atoms with van der Waals surface area (Å²) in [5.74, 6) is 5.14. The predicted molar refractivity (Wildman–Crippen MR) is 55.4 cm³/mol. The highest BCUT2D eigenvalue weighted by atomic mass is 35.5. The van der Waals surface area contributed by atoms with Crippen LogP contribution in [0.25, 0.3) is 0 Å². The second-order valence-corrected chi connectivity index (χ2v) is 3.12. The Labute approximate surface area is 87.5 Å². The van der Waals surface area contributed by atoms with E-state index >= 15 is 0 Å². The lowest BCUT2D eigenvalue weighted by Gasteiger charge is -1.99. The van der Waals surface area contributed by atoms with Crippen LogP contribution in [0.5, 0.6) is 0 Å². The average molecular weight is 209 g/mol. The van der Waals surface area contributed by atoms with E-state index in [1.807, 2.05) is 0 Å². The van der Waals surface area contributed by atoms with Gasteiger partial charge in [-0.2, -0.15) is 0 Å². The molecule has 3 heteroatoms. The molecule has 14 heavy (non-hydrogen) atoms. The van der Waals surface area contributed by atoms with Crippen LogP contribution in [0, 0.1) is 11.8 Å². The molecule has 2 nitrogen and oxygen atoms in total. The molecule has 0 fully saturated rings. The highest BCUT2D eigenvalue weighted by molar-refractivity contribution is 6.33. The van der Waals surface area contributed by atoms with E-state index in [4.69, 9.17) is 16.7 Å². The molecule has 0 bridgehead atoms. The first kappa shape index (κ1) is 10.8. The van der Waals surface area contributed by atoms with Crippen LogP contribution in [-0.2, 0) is 0 Å². The monoisotopic (exact) mass is 208 g/mol. The molecule has 0 spiro atoms. The number of hydrogen-bond acceptors (Lipinski definition) is 2. The largest absolute Gasteiger partial charge is 0.384 e. The summed E-state index contributed by atoms with van der Waals surface area (Å²) in [6.07, 6.45) is 0. The van der Waals surface area contributed by atoms with Crippen LogP contribution in [0.4, 0.5) is 0 Å². The fourth-order valence-electron chi connectivity index (χ4n) is 1.02. The van der Waals surface area contributed by atoms with Crippen LogP contribution in [-0.4, -0.2) is 17.5 Å². The fourth-order valence-corrected chi connectivity index (χ4v) is 1.33. The van der Waals surface area contributed by atoms with E-state index in [9.17, 15) is 4.79 Å². The SMILES string of the molecule is CC(=O)c1ccc(C#CCO)cc1Cl. The minimum Gasteiger partial charge on any atom is -0.384 e. The zero-order valence-electron chi connectivity index (χ0n) is 7.67. The summed E-state index contributed by atoms with van der Waals surface area (Å²) >= 11 is 5.85. The summed E-state index contributed by atoms with van der Waals surface area (Å²) in [7, 11) is 0. The van der Waals surface area contributed by atoms with Crippen molar-refractivity contribution in [1.82, 2.24) is 0 Å². The lowest BCUT2D eigenvalue weighted by molar-refractivity contribution is 0.101. The number of benzene rings is 1. The fraction of sp³-hybridized carbons (Fsp3) is 0.182. The Kier molecular flexibility index (Phi) is 3.70. The van der Waals surface area contributed by atoms with Gasteiger partial charge in [-0.15, -0.1) is 0 Å². The van der Waals surface area contributed by atoms with Crippen molar-refractivity contribution in [2.75, 3.05) is 6.61 Å². The molecule has 1 aromatic carbocycles. The third kappa shape index (κ3) is 2.59. The van der Waals surface area contributed by atoms with Crippen LogP contribution >= 0.6 is 11.6 Å². The van der Waals surface area contributed by atoms with Crippen LogP contribution in [0.2, 0.25) is 5.02 Å². The lowest BCUT2D eigenvalue weighted by Crippen LogP contribution is -1.93. The highest BCUT2D eigenvalue weighted by Crippen LogP contribution is 2.17. The Morgan fingerprint density at radius 2 is 2.29 bits per heavy atom. The topological polar surface area (TPSA) is 37.3 Å². The van der Waals surface area contributed by atoms with Crippen molar-refractivity contribution < 1.29 is 9.90 Å². The van der Waals surface area contributed by atoms with Gasteiger partial charge in [0.15, 0.2) is 5.78 Å². The number of aliphatic hydroxyl groups is 1. The summed E-state index contributed by atoms with van der Waals surface area (Å²) in [4.78, 5) is 11.0. The maximum absolute atomic E-state index is 11.0. The van der Waals surface area contributed by atoms with Crippen LogP contribution in [0.3, 0.4) is 0 Å². The smallest absolute Gasteiger partial charge is 0.161 e. The maximum atomic E-state index is 11.0. The Balaban J connectivity index is 3.06. The number of ketones is 1. The Hall–Kier alpha value is -1.30. The van der Waals surface area contributed by atoms with Crippen molar-refractivity contribution in [3.63, 3.8) is 0 Å². The van der Waals surface area contributed by atoms with Crippen LogP contribution in [0.15, 0.2) is 18.2 Å². The molecular formula is C11H9ClO2. The molecule has 0 atom stereocenters. The average Bonchev–Trinajstić information content (AvgIpc) is 2.14. The predicted octanol–water partition coefficient (Wildman–Crippen LogP) is 1.89. The van der Waals surface area contributed by atoms with Crippen molar-refractivity contribution >= 4 is 17.4 Å². The van der Waals surface area contributed by atoms with Gasteiger partial charge < -0.3 is 5.11 Å². The van der Waals surface area contributed by atoms with Gasteiger partial charge in [0.25, 0.3) is 0 Å². The number of carbonyl (C=O) groups excluding carboxylic acids is 1. The van der Waals surface area contributed by atoms with Crippen molar-refractivity contribution in [3.05, 3.63) is 34.3 Å². The molecule has 0 saturated carbocycles. The van der Waals surface area contributed by atoms with Crippen LogP contribution in [0.1, 0.15) is 22.8 Å². The standard InChI is InChI=1S/C11H9ClO2/c1-8(14)10-5-4-9(3-2-6-13)7-11(10)12/h4-5,7,13H,6H2,1H3. The van der Waals surface area contributed by atoms with Gasteiger partial charge in [0.05, 0.1) is 5.02 Å². The van der Waals surface area contributed by atoms with E-state index in [0.29, 0.717) is 16.1 Å². The summed E-state index contributed by atoms with van der Waals surface area (Å²) < 4.78 is 0. The second kappa shape index (κ2) is 4.80. The second-order valence-electron chi connectivity index (χ2n) is 2.71. The minimum absolute atomic E-state index is 0.0725. The molecule has 0 saturated heterocycles. The minimum atomic E-state index is -0.188. The van der Waals surface area contributed by atoms with Crippen molar-refractivity contribution in [3.8, 4) is 11.8 Å². The van der Waals surface area contributed by atoms with Crippen molar-refractivity contribution in [2.45, 2.75) is 6.92 Å². The van der Waals surface area contributed by atoms with Gasteiger partial charge in [-0.3, -0.25) is 4.79 Å². The Morgan fingerprint density at radius 3 is 2.79 bits per heavy atom. The third-order valence-electron chi connectivity index (χ3n) is 1.66. The normalized spacial score (nSPS) is 9.07. The first-order valence-electron chi connectivity index (χ1n) is 4.05. The molecule has 0 aliphatic heterocycles. The van der Waals surface area contributed by atoms with Gasteiger partial charge in [0, 0.05) is 11.1 Å². The number of Topliss-reactive ketones (excluding diaryl/α,β-unsaturated/α-hetero) is 1. The number of carbonyl (C=O) groups is 1. The molecule has 1 aromatic rings. The van der Waals surface area contributed by atoms with E-state index in [0.717, 1.165) is 0 Å². The summed E-state index contributed by atoms with van der Waals surface area (Å²) in [6.45, 7) is 1.27. The van der Waals surface area contributed by atoms with Gasteiger partial charge in [0.2, 0.25) is 0 Å². The summed E-state index contributed by atoms with van der Waals surface area (Å²) in [5, 5.41) is 8.87. The van der Waals surface area contributed by atoms with Crippen LogP contribution < -0.4 is 0 Å². The zero-order chi connectivity index (χ0) is 10.6. The number of halogens is 1. The van der Waals surface area contributed by atoms with E-state index < -0.39 is 0 Å². The van der Waals surface area contributed by atoms with Gasteiger partial charge in [-0.1, -0.05) is 23.4 Å². The third-order valence-corrected chi connectivity index (χ3v) is 1.97.